The van der Waals surface area contributed by atoms with Crippen molar-refractivity contribution in [1.82, 2.24) is 0 Å². The fourth-order valence-electron chi connectivity index (χ4n) is 4.48. The van der Waals surface area contributed by atoms with Crippen LogP contribution in [0, 0.1) is 11.8 Å². The Hall–Kier alpha value is -3.00. The first-order chi connectivity index (χ1) is 16.6. The summed E-state index contributed by atoms with van der Waals surface area (Å²) < 4.78 is 21.8. The minimum atomic E-state index is -1.73. The lowest BCUT2D eigenvalue weighted by Gasteiger charge is -2.42. The molecule has 12 nitrogen and oxygen atoms in total. The molecule has 9 atom stereocenters. The standard InChI is InChI=1S/C23H26O12/c1-9-14(25)6-12-13(20(29)30)7-33-22(16(9)12)35-23-19(28)18(27)17(26)15(34-23)8-32-21(31)10-2-4-11(24)5-3-10/h2-5,7,12,14-19,22-28H,1,6,8H2,(H,29,30). The number of carboxylic acids is 1. The zero-order valence-electron chi connectivity index (χ0n) is 18.3. The van der Waals surface area contributed by atoms with Crippen LogP contribution in [0.2, 0.25) is 0 Å². The third-order valence-electron chi connectivity index (χ3n) is 6.45. The molecule has 0 radical (unpaired) electrons. The van der Waals surface area contributed by atoms with Crippen molar-refractivity contribution in [2.75, 3.05) is 6.61 Å². The number of aliphatic hydroxyl groups excluding tert-OH is 4. The van der Waals surface area contributed by atoms with Crippen LogP contribution in [-0.2, 0) is 23.7 Å². The largest absolute Gasteiger partial charge is 0.508 e. The molecule has 0 amide bonds. The van der Waals surface area contributed by atoms with E-state index in [0.29, 0.717) is 0 Å². The van der Waals surface area contributed by atoms with Crippen LogP contribution in [0.25, 0.3) is 0 Å². The lowest BCUT2D eigenvalue weighted by atomic mass is 9.85. The molecule has 3 aliphatic rings. The normalized spacial score (nSPS) is 36.6. The second kappa shape index (κ2) is 9.93. The van der Waals surface area contributed by atoms with Gasteiger partial charge in [0.25, 0.3) is 0 Å². The van der Waals surface area contributed by atoms with Crippen LogP contribution in [0.15, 0.2) is 48.3 Å². The zero-order chi connectivity index (χ0) is 25.4. The average molecular weight is 494 g/mol. The highest BCUT2D eigenvalue weighted by Crippen LogP contribution is 2.46. The van der Waals surface area contributed by atoms with Crippen molar-refractivity contribution >= 4 is 11.9 Å². The van der Waals surface area contributed by atoms with Crippen LogP contribution in [-0.4, -0.2) is 92.3 Å². The van der Waals surface area contributed by atoms with Gasteiger partial charge in [0, 0.05) is 5.92 Å². The van der Waals surface area contributed by atoms with Crippen LogP contribution in [0.3, 0.4) is 0 Å². The number of phenolic OH excluding ortho intramolecular Hbond substituents is 1. The highest BCUT2D eigenvalue weighted by atomic mass is 16.8. The van der Waals surface area contributed by atoms with Crippen molar-refractivity contribution in [2.24, 2.45) is 11.8 Å². The van der Waals surface area contributed by atoms with E-state index in [9.17, 15) is 40.2 Å². The van der Waals surface area contributed by atoms with Gasteiger partial charge in [-0.3, -0.25) is 0 Å². The maximum atomic E-state index is 12.2. The van der Waals surface area contributed by atoms with Crippen molar-refractivity contribution in [3.63, 3.8) is 0 Å². The van der Waals surface area contributed by atoms with Crippen molar-refractivity contribution in [3.8, 4) is 5.75 Å². The fraction of sp³-hybridized carbons (Fsp3) is 0.478. The molecule has 12 heteroatoms. The number of rotatable bonds is 6. The van der Waals surface area contributed by atoms with E-state index in [4.69, 9.17) is 18.9 Å². The summed E-state index contributed by atoms with van der Waals surface area (Å²) >= 11 is 0. The second-order valence-corrected chi connectivity index (χ2v) is 8.64. The van der Waals surface area contributed by atoms with Crippen LogP contribution in [0.4, 0.5) is 0 Å². The molecule has 35 heavy (non-hydrogen) atoms. The summed E-state index contributed by atoms with van der Waals surface area (Å²) in [7, 11) is 0. The topological polar surface area (TPSA) is 192 Å². The van der Waals surface area contributed by atoms with Gasteiger partial charge in [-0.15, -0.1) is 0 Å². The maximum absolute atomic E-state index is 12.2. The highest BCUT2D eigenvalue weighted by molar-refractivity contribution is 5.89. The number of carboxylic acid groups (broad SMARTS) is 1. The SMILES string of the molecule is C=C1C(O)CC2C(C(=O)O)=COC(OC3OC(COC(=O)c4ccc(O)cc4)C(O)C(O)C3O)C12. The van der Waals surface area contributed by atoms with Gasteiger partial charge in [-0.2, -0.15) is 0 Å². The number of aliphatic hydroxyl groups is 4. The molecular formula is C23H26O12. The molecule has 1 saturated heterocycles. The summed E-state index contributed by atoms with van der Waals surface area (Å²) in [6.45, 7) is 3.30. The molecule has 0 bridgehead atoms. The van der Waals surface area contributed by atoms with E-state index in [1.54, 1.807) is 0 Å². The monoisotopic (exact) mass is 494 g/mol. The summed E-state index contributed by atoms with van der Waals surface area (Å²) in [6, 6.07) is 5.25. The van der Waals surface area contributed by atoms with Gasteiger partial charge < -0.3 is 49.6 Å². The van der Waals surface area contributed by atoms with Crippen molar-refractivity contribution in [2.45, 2.75) is 49.5 Å². The van der Waals surface area contributed by atoms with Crippen molar-refractivity contribution < 1.29 is 59.2 Å². The molecule has 9 unspecified atom stereocenters. The quantitative estimate of drug-likeness (QED) is 0.214. The second-order valence-electron chi connectivity index (χ2n) is 8.64. The van der Waals surface area contributed by atoms with Gasteiger partial charge in [0.05, 0.1) is 29.4 Å². The fourth-order valence-corrected chi connectivity index (χ4v) is 4.48. The average Bonchev–Trinajstić information content (AvgIpc) is 3.13. The van der Waals surface area contributed by atoms with E-state index in [-0.39, 0.29) is 28.9 Å². The predicted molar refractivity (Wildman–Crippen MR) is 113 cm³/mol. The molecule has 0 spiro atoms. The van der Waals surface area contributed by atoms with Gasteiger partial charge in [-0.05, 0) is 36.3 Å². The smallest absolute Gasteiger partial charge is 0.338 e. The van der Waals surface area contributed by atoms with Gasteiger partial charge in [-0.1, -0.05) is 6.58 Å². The first kappa shape index (κ1) is 25.1. The number of ether oxygens (including phenoxy) is 4. The van der Waals surface area contributed by atoms with Gasteiger partial charge in [0.2, 0.25) is 6.29 Å². The summed E-state index contributed by atoms with van der Waals surface area (Å²) in [6.07, 6.45) is -9.03. The first-order valence-electron chi connectivity index (χ1n) is 10.8. The number of esters is 1. The Labute approximate surface area is 199 Å². The molecule has 1 aromatic carbocycles. The number of carbonyl (C=O) groups excluding carboxylic acids is 1. The van der Waals surface area contributed by atoms with Gasteiger partial charge in [-0.25, -0.2) is 9.59 Å². The highest BCUT2D eigenvalue weighted by Gasteiger charge is 2.52. The van der Waals surface area contributed by atoms with E-state index >= 15 is 0 Å². The minimum absolute atomic E-state index is 0.0420. The van der Waals surface area contributed by atoms with E-state index < -0.39 is 73.5 Å². The van der Waals surface area contributed by atoms with Crippen LogP contribution >= 0.6 is 0 Å². The lowest BCUT2D eigenvalue weighted by molar-refractivity contribution is -0.339. The lowest BCUT2D eigenvalue weighted by Crippen LogP contribution is -2.60. The Balaban J connectivity index is 1.45. The Morgan fingerprint density at radius 3 is 2.37 bits per heavy atom. The number of hydrogen-bond acceptors (Lipinski definition) is 11. The molecule has 1 aliphatic carbocycles. The van der Waals surface area contributed by atoms with E-state index in [0.717, 1.165) is 6.26 Å². The molecule has 1 aromatic rings. The summed E-state index contributed by atoms with van der Waals surface area (Å²) in [5.41, 5.74) is 0.353. The molecular weight excluding hydrogens is 468 g/mol. The van der Waals surface area contributed by atoms with Crippen molar-refractivity contribution in [1.29, 1.82) is 0 Å². The van der Waals surface area contributed by atoms with E-state index in [1.807, 2.05) is 0 Å². The number of hydrogen-bond donors (Lipinski definition) is 6. The number of carbonyl (C=O) groups is 2. The minimum Gasteiger partial charge on any atom is -0.508 e. The number of aliphatic carboxylic acids is 1. The molecule has 6 N–H and O–H groups in total. The zero-order valence-corrected chi connectivity index (χ0v) is 18.3. The molecule has 2 aliphatic heterocycles. The van der Waals surface area contributed by atoms with Crippen LogP contribution in [0.5, 0.6) is 5.75 Å². The summed E-state index contributed by atoms with van der Waals surface area (Å²) in [4.78, 5) is 23.8. The van der Waals surface area contributed by atoms with Gasteiger partial charge in [0.15, 0.2) is 6.29 Å². The first-order valence-corrected chi connectivity index (χ1v) is 10.8. The summed E-state index contributed by atoms with van der Waals surface area (Å²) in [5, 5.41) is 60.0. The Bertz CT molecular complexity index is 1000. The maximum Gasteiger partial charge on any atom is 0.338 e. The Morgan fingerprint density at radius 2 is 1.71 bits per heavy atom. The van der Waals surface area contributed by atoms with Crippen molar-refractivity contribution in [3.05, 3.63) is 53.8 Å². The Kier molecular flexibility index (Phi) is 7.12. The van der Waals surface area contributed by atoms with Crippen LogP contribution in [0.1, 0.15) is 16.8 Å². The van der Waals surface area contributed by atoms with Gasteiger partial charge in [0.1, 0.15) is 36.8 Å². The molecule has 4 rings (SSSR count). The van der Waals surface area contributed by atoms with Gasteiger partial charge >= 0.3 is 11.9 Å². The third-order valence-corrected chi connectivity index (χ3v) is 6.45. The molecule has 190 valence electrons. The predicted octanol–water partition coefficient (Wildman–Crippen LogP) is -0.749. The number of fused-ring (bicyclic) bond motifs is 1. The molecule has 2 heterocycles. The third kappa shape index (κ3) is 4.89. The van der Waals surface area contributed by atoms with Crippen LogP contribution < -0.4 is 0 Å². The Morgan fingerprint density at radius 1 is 1.03 bits per heavy atom. The summed E-state index contributed by atoms with van der Waals surface area (Å²) in [5.74, 6) is -3.47. The number of phenols is 1. The molecule has 0 aromatic heterocycles. The number of benzene rings is 1. The van der Waals surface area contributed by atoms with E-state index in [1.165, 1.54) is 24.3 Å². The van der Waals surface area contributed by atoms with E-state index in [2.05, 4.69) is 6.58 Å². The number of aromatic hydroxyl groups is 1. The molecule has 1 saturated carbocycles. The molecule has 2 fully saturated rings.